The number of amides is 1. The zero-order chi connectivity index (χ0) is 19.3. The quantitative estimate of drug-likeness (QED) is 0.809. The van der Waals surface area contributed by atoms with Crippen LogP contribution in [0.5, 0.6) is 0 Å². The largest absolute Gasteiger partial charge is 0.553 e. The van der Waals surface area contributed by atoms with E-state index in [1.54, 1.807) is 6.92 Å². The van der Waals surface area contributed by atoms with Crippen LogP contribution in [0.2, 0.25) is 0 Å². The normalized spacial score (nSPS) is 32.4. The summed E-state index contributed by atoms with van der Waals surface area (Å²) in [5, 5.41) is 10.3. The van der Waals surface area contributed by atoms with Crippen LogP contribution in [0.15, 0.2) is 24.3 Å². The maximum Gasteiger partial charge on any atom is 0.553 e. The molecule has 6 nitrogen and oxygen atoms in total. The lowest BCUT2D eigenvalue weighted by Crippen LogP contribution is -2.38. The van der Waals surface area contributed by atoms with Gasteiger partial charge in [-0.1, -0.05) is 18.6 Å². The zero-order valence-electron chi connectivity index (χ0n) is 16.6. The number of hydrogen-bond acceptors (Lipinski definition) is 3. The van der Waals surface area contributed by atoms with Gasteiger partial charge in [-0.25, -0.2) is 0 Å². The smallest absolute Gasteiger partial charge is 0.430 e. The van der Waals surface area contributed by atoms with E-state index in [2.05, 4.69) is 29.2 Å². The maximum absolute atomic E-state index is 11.7. The highest BCUT2D eigenvalue weighted by Gasteiger charge is 2.61. The molecule has 0 aromatic heterocycles. The highest BCUT2D eigenvalue weighted by molar-refractivity contribution is 5.74. The van der Waals surface area contributed by atoms with E-state index in [0.717, 1.165) is 38.4 Å². The Morgan fingerprint density at radius 2 is 2.00 bits per heavy atom. The van der Waals surface area contributed by atoms with Crippen molar-refractivity contribution in [3.05, 3.63) is 29.8 Å². The first-order chi connectivity index (χ1) is 13.5. The molecule has 3 heterocycles. The lowest BCUT2D eigenvalue weighted by Gasteiger charge is -2.27. The van der Waals surface area contributed by atoms with Crippen LogP contribution in [0.25, 0.3) is 0 Å². The van der Waals surface area contributed by atoms with Crippen molar-refractivity contribution in [1.29, 1.82) is 0 Å². The van der Waals surface area contributed by atoms with Crippen LogP contribution >= 0.6 is 0 Å². The Morgan fingerprint density at radius 3 is 2.68 bits per heavy atom. The number of likely N-dealkylation sites (tertiary alicyclic amines) is 2. The number of benzene rings is 1. The van der Waals surface area contributed by atoms with E-state index >= 15 is 0 Å². The SMILES string of the molecule is CC(=O)N1CC2CC2(c2ccc([N+]3=C(O)O[C@@H](CN4CCCCC4)C3)cc2)C1. The number of piperidine rings is 2. The van der Waals surface area contributed by atoms with Crippen LogP contribution in [0.4, 0.5) is 5.69 Å². The van der Waals surface area contributed by atoms with Gasteiger partial charge in [0.2, 0.25) is 11.6 Å². The Balaban J connectivity index is 1.25. The van der Waals surface area contributed by atoms with Gasteiger partial charge in [0.1, 0.15) is 0 Å². The second kappa shape index (κ2) is 6.76. The van der Waals surface area contributed by atoms with Gasteiger partial charge in [0.05, 0.1) is 0 Å². The fourth-order valence-corrected chi connectivity index (χ4v) is 5.42. The fraction of sp³-hybridized carbons (Fsp3) is 0.636. The van der Waals surface area contributed by atoms with Crippen LogP contribution < -0.4 is 0 Å². The van der Waals surface area contributed by atoms with Gasteiger partial charge < -0.3 is 14.7 Å². The second-order valence-corrected chi connectivity index (χ2v) is 9.00. The number of fused-ring (bicyclic) bond motifs is 1. The molecule has 3 aliphatic heterocycles. The van der Waals surface area contributed by atoms with Gasteiger partial charge in [0.25, 0.3) is 0 Å². The molecule has 1 aromatic rings. The molecule has 150 valence electrons. The van der Waals surface area contributed by atoms with Gasteiger partial charge in [-0.15, -0.1) is 4.58 Å². The van der Waals surface area contributed by atoms with Crippen molar-refractivity contribution >= 4 is 17.7 Å². The predicted molar refractivity (Wildman–Crippen MR) is 106 cm³/mol. The maximum atomic E-state index is 11.7. The summed E-state index contributed by atoms with van der Waals surface area (Å²) in [6.45, 7) is 7.23. The molecule has 1 saturated carbocycles. The van der Waals surface area contributed by atoms with E-state index in [1.807, 2.05) is 9.48 Å². The molecule has 3 fully saturated rings. The monoisotopic (exact) mass is 384 g/mol. The summed E-state index contributed by atoms with van der Waals surface area (Å²) in [6, 6.07) is 8.51. The van der Waals surface area contributed by atoms with Gasteiger partial charge in [-0.05, 0) is 43.8 Å². The van der Waals surface area contributed by atoms with E-state index in [-0.39, 0.29) is 23.5 Å². The third-order valence-corrected chi connectivity index (χ3v) is 7.14. The van der Waals surface area contributed by atoms with E-state index in [1.165, 1.54) is 31.2 Å². The average Bonchev–Trinajstić information content (AvgIpc) is 3.07. The lowest BCUT2D eigenvalue weighted by molar-refractivity contribution is -0.441. The highest BCUT2D eigenvalue weighted by atomic mass is 16.6. The molecule has 3 atom stereocenters. The van der Waals surface area contributed by atoms with Gasteiger partial charge >= 0.3 is 6.08 Å². The first-order valence-electron chi connectivity index (χ1n) is 10.6. The van der Waals surface area contributed by atoms with Gasteiger partial charge in [-0.2, -0.15) is 0 Å². The summed E-state index contributed by atoms with van der Waals surface area (Å²) in [6.07, 6.45) is 5.06. The van der Waals surface area contributed by atoms with Crippen LogP contribution in [0.1, 0.15) is 38.2 Å². The first kappa shape index (κ1) is 18.0. The van der Waals surface area contributed by atoms with Crippen LogP contribution in [0, 0.1) is 5.92 Å². The molecule has 1 aromatic carbocycles. The minimum absolute atomic E-state index is 0.0147. The van der Waals surface area contributed by atoms with Crippen molar-refractivity contribution in [1.82, 2.24) is 9.80 Å². The molecule has 5 rings (SSSR count). The summed E-state index contributed by atoms with van der Waals surface area (Å²) in [7, 11) is 0. The minimum atomic E-state index is 0.0147. The third kappa shape index (κ3) is 3.08. The number of nitrogens with zero attached hydrogens (tertiary/aromatic N) is 3. The number of ether oxygens (including phenoxy) is 1. The third-order valence-electron chi connectivity index (χ3n) is 7.14. The molecular formula is C22H30N3O3+. The minimum Gasteiger partial charge on any atom is -0.430 e. The Hall–Kier alpha value is -2.08. The number of aliphatic hydroxyl groups is 1. The van der Waals surface area contributed by atoms with Crippen LogP contribution in [-0.4, -0.2) is 76.8 Å². The van der Waals surface area contributed by atoms with Crippen molar-refractivity contribution in [3.63, 3.8) is 0 Å². The molecule has 0 spiro atoms. The van der Waals surface area contributed by atoms with Crippen molar-refractivity contribution in [2.24, 2.45) is 5.92 Å². The van der Waals surface area contributed by atoms with Gasteiger partial charge in [-0.3, -0.25) is 9.69 Å². The predicted octanol–water partition coefficient (Wildman–Crippen LogP) is 2.25. The molecule has 2 saturated heterocycles. The molecule has 2 unspecified atom stereocenters. The van der Waals surface area contributed by atoms with Crippen LogP contribution in [-0.2, 0) is 14.9 Å². The number of aliphatic hydroxyl groups excluding tert-OH is 1. The first-order valence-corrected chi connectivity index (χ1v) is 10.6. The van der Waals surface area contributed by atoms with Gasteiger partial charge in [0.15, 0.2) is 12.6 Å². The lowest BCUT2D eigenvalue weighted by atomic mass is 9.95. The molecular weight excluding hydrogens is 354 g/mol. The number of rotatable bonds is 4. The van der Waals surface area contributed by atoms with Crippen molar-refractivity contribution < 1.29 is 19.2 Å². The summed E-state index contributed by atoms with van der Waals surface area (Å²) < 4.78 is 7.61. The fourth-order valence-electron chi connectivity index (χ4n) is 5.42. The number of carbonyl (C=O) groups is 1. The molecule has 1 amide bonds. The van der Waals surface area contributed by atoms with E-state index in [9.17, 15) is 9.90 Å². The average molecular weight is 385 g/mol. The van der Waals surface area contributed by atoms with Crippen molar-refractivity contribution in [2.75, 3.05) is 39.3 Å². The zero-order valence-corrected chi connectivity index (χ0v) is 16.6. The van der Waals surface area contributed by atoms with E-state index in [4.69, 9.17) is 4.74 Å². The van der Waals surface area contributed by atoms with Crippen LogP contribution in [0.3, 0.4) is 0 Å². The number of hydrogen-bond donors (Lipinski definition) is 1. The van der Waals surface area contributed by atoms with Crippen molar-refractivity contribution in [2.45, 2.75) is 44.1 Å². The summed E-state index contributed by atoms with van der Waals surface area (Å²) in [5.41, 5.74) is 2.45. The van der Waals surface area contributed by atoms with E-state index in [0.29, 0.717) is 12.5 Å². The Kier molecular flexibility index (Phi) is 4.34. The second-order valence-electron chi connectivity index (χ2n) is 9.00. The Labute approximate surface area is 166 Å². The number of carbonyl (C=O) groups excluding carboxylic acids is 1. The molecule has 0 radical (unpaired) electrons. The summed E-state index contributed by atoms with van der Waals surface area (Å²) in [5.74, 6) is 0.780. The van der Waals surface area contributed by atoms with Gasteiger partial charge in [0, 0.05) is 44.1 Å². The molecule has 6 heteroatoms. The highest BCUT2D eigenvalue weighted by Crippen LogP contribution is 2.59. The molecule has 1 aliphatic carbocycles. The Morgan fingerprint density at radius 1 is 1.25 bits per heavy atom. The molecule has 1 N–H and O–H groups in total. The van der Waals surface area contributed by atoms with Crippen molar-refractivity contribution in [3.8, 4) is 0 Å². The van der Waals surface area contributed by atoms with E-state index < -0.39 is 0 Å². The summed E-state index contributed by atoms with van der Waals surface area (Å²) in [4.78, 5) is 16.1. The molecule has 0 bridgehead atoms. The Bertz CT molecular complexity index is 800. The summed E-state index contributed by atoms with van der Waals surface area (Å²) >= 11 is 0. The standard InChI is InChI=1S/C22H29N3O3/c1-16(26)24-12-18-11-22(18,15-24)17-5-7-19(8-6-17)25-14-20(28-21(25)27)13-23-9-3-2-4-10-23/h5-8,18,20H,2-4,9-15H2,1H3/p+1/t18?,20-,22?/m0/s1. The molecule has 4 aliphatic rings. The topological polar surface area (TPSA) is 56.0 Å². The molecule has 28 heavy (non-hydrogen) atoms.